The van der Waals surface area contributed by atoms with Gasteiger partial charge in [0.05, 0.1) is 10.6 Å². The molecular formula is C24H22ClFN4O3S. The predicted octanol–water partition coefficient (Wildman–Crippen LogP) is 3.86. The van der Waals surface area contributed by atoms with Crippen molar-refractivity contribution in [3.63, 3.8) is 0 Å². The van der Waals surface area contributed by atoms with E-state index in [9.17, 15) is 13.7 Å². The fraction of sp³-hybridized carbons (Fsp3) is 0.292. The molecule has 0 N–H and O–H groups in total. The van der Waals surface area contributed by atoms with Crippen molar-refractivity contribution in [2.75, 3.05) is 32.1 Å². The van der Waals surface area contributed by atoms with Crippen molar-refractivity contribution in [2.24, 2.45) is 0 Å². The second-order valence-corrected chi connectivity index (χ2v) is 10.3. The third-order valence-electron chi connectivity index (χ3n) is 5.92. The van der Waals surface area contributed by atoms with Crippen molar-refractivity contribution >= 4 is 40.2 Å². The van der Waals surface area contributed by atoms with E-state index >= 15 is 0 Å². The number of likely N-dealkylation sites (N-methyl/N-ethyl adjacent to an activating group) is 1. The lowest BCUT2D eigenvalue weighted by Crippen LogP contribution is -2.27. The number of carbonyl (C=O) groups excluding carboxylic acids is 1. The average molecular weight is 501 g/mol. The smallest absolute Gasteiger partial charge is 0.259 e. The highest BCUT2D eigenvalue weighted by molar-refractivity contribution is 7.90. The molecule has 34 heavy (non-hydrogen) atoms. The summed E-state index contributed by atoms with van der Waals surface area (Å²) in [5, 5.41) is 0.0278. The number of nitrogens with zero attached hydrogens (tertiary/aromatic N) is 4. The van der Waals surface area contributed by atoms with Crippen LogP contribution in [0.15, 0.2) is 36.4 Å². The van der Waals surface area contributed by atoms with E-state index in [-0.39, 0.29) is 17.5 Å². The number of aromatic nitrogens is 2. The van der Waals surface area contributed by atoms with Gasteiger partial charge in [-0.3, -0.25) is 4.79 Å². The van der Waals surface area contributed by atoms with Gasteiger partial charge in [-0.05, 0) is 47.4 Å². The van der Waals surface area contributed by atoms with E-state index in [0.29, 0.717) is 46.7 Å². The Morgan fingerprint density at radius 2 is 2.06 bits per heavy atom. The Morgan fingerprint density at radius 1 is 1.24 bits per heavy atom. The molecule has 0 spiro atoms. The van der Waals surface area contributed by atoms with Crippen molar-refractivity contribution in [1.29, 1.82) is 0 Å². The van der Waals surface area contributed by atoms with Crippen molar-refractivity contribution in [3.8, 4) is 17.1 Å². The van der Waals surface area contributed by atoms with Crippen LogP contribution in [0.4, 0.5) is 15.9 Å². The summed E-state index contributed by atoms with van der Waals surface area (Å²) in [6, 6.07) is 10.2. The summed E-state index contributed by atoms with van der Waals surface area (Å²) in [5.74, 6) is 1.64. The van der Waals surface area contributed by atoms with Gasteiger partial charge in [-0.2, -0.15) is 0 Å². The van der Waals surface area contributed by atoms with Crippen LogP contribution in [0.2, 0.25) is 5.02 Å². The molecule has 1 unspecified atom stereocenters. The number of amides is 1. The number of halogens is 2. The third kappa shape index (κ3) is 4.31. The third-order valence-corrected chi connectivity index (χ3v) is 7.43. The zero-order chi connectivity index (χ0) is 24.0. The second kappa shape index (κ2) is 9.05. The van der Waals surface area contributed by atoms with Crippen LogP contribution in [0.1, 0.15) is 16.8 Å². The van der Waals surface area contributed by atoms with Gasteiger partial charge in [-0.25, -0.2) is 14.4 Å². The first-order valence-corrected chi connectivity index (χ1v) is 12.6. The summed E-state index contributed by atoms with van der Waals surface area (Å²) in [7, 11) is 3.36. The molecule has 0 radical (unpaired) electrons. The van der Waals surface area contributed by atoms with E-state index in [2.05, 4.69) is 9.88 Å². The van der Waals surface area contributed by atoms with Crippen molar-refractivity contribution < 1.29 is 18.5 Å². The summed E-state index contributed by atoms with van der Waals surface area (Å²) < 4.78 is 32.3. The number of hydrogen-bond acceptors (Lipinski definition) is 6. The van der Waals surface area contributed by atoms with Crippen LogP contribution in [-0.2, 0) is 33.9 Å². The highest BCUT2D eigenvalue weighted by Crippen LogP contribution is 2.41. The van der Waals surface area contributed by atoms with Crippen LogP contribution in [-0.4, -0.2) is 52.6 Å². The highest BCUT2D eigenvalue weighted by atomic mass is 35.5. The van der Waals surface area contributed by atoms with Gasteiger partial charge < -0.3 is 19.1 Å². The predicted molar refractivity (Wildman–Crippen MR) is 129 cm³/mol. The standard InChI is InChI=1S/C24H22ClFN4O3S/c1-29(2)22(31)11-33-16-5-3-14-7-8-30(21(14)10-16)24-17-12-34(32)13-20(17)27-23(28-24)15-4-6-18(25)19(26)9-15/h3-6,9-10H,7-8,11-13H2,1-2H3. The van der Waals surface area contributed by atoms with Gasteiger partial charge in [0.25, 0.3) is 5.91 Å². The molecule has 2 aromatic carbocycles. The van der Waals surface area contributed by atoms with Gasteiger partial charge in [0.2, 0.25) is 0 Å². The largest absolute Gasteiger partial charge is 0.616 e. The summed E-state index contributed by atoms with van der Waals surface area (Å²) in [6.07, 6.45) is 0.805. The molecule has 7 nitrogen and oxygen atoms in total. The molecule has 0 saturated heterocycles. The van der Waals surface area contributed by atoms with Crippen LogP contribution in [0.25, 0.3) is 11.4 Å². The molecule has 0 fully saturated rings. The number of ether oxygens (including phenoxy) is 1. The Balaban J connectivity index is 1.53. The monoisotopic (exact) mass is 500 g/mol. The molecule has 3 aromatic rings. The molecule has 10 heteroatoms. The number of fused-ring (bicyclic) bond motifs is 2. The van der Waals surface area contributed by atoms with Crippen molar-refractivity contribution in [1.82, 2.24) is 14.9 Å². The number of rotatable bonds is 5. The van der Waals surface area contributed by atoms with Gasteiger partial charge >= 0.3 is 0 Å². The Labute approximate surface area is 204 Å². The molecule has 5 rings (SSSR count). The van der Waals surface area contributed by atoms with Crippen molar-refractivity contribution in [3.05, 3.63) is 64.1 Å². The molecule has 1 amide bonds. The number of benzene rings is 2. The minimum absolute atomic E-state index is 0.0278. The molecule has 1 aromatic heterocycles. The van der Waals surface area contributed by atoms with Crippen molar-refractivity contribution in [2.45, 2.75) is 17.9 Å². The summed E-state index contributed by atoms with van der Waals surface area (Å²) in [4.78, 5) is 24.9. The summed E-state index contributed by atoms with van der Waals surface area (Å²) in [5.41, 5.74) is 4.10. The fourth-order valence-electron chi connectivity index (χ4n) is 4.08. The molecule has 0 bridgehead atoms. The molecule has 0 aliphatic carbocycles. The minimum atomic E-state index is -1.07. The fourth-order valence-corrected chi connectivity index (χ4v) is 5.46. The number of carbonyl (C=O) groups is 1. The first-order valence-electron chi connectivity index (χ1n) is 10.7. The minimum Gasteiger partial charge on any atom is -0.616 e. The van der Waals surface area contributed by atoms with Crippen LogP contribution in [0.5, 0.6) is 5.75 Å². The van der Waals surface area contributed by atoms with Crippen LogP contribution < -0.4 is 9.64 Å². The lowest BCUT2D eigenvalue weighted by Gasteiger charge is -2.22. The van der Waals surface area contributed by atoms with Gasteiger partial charge in [-0.15, -0.1) is 0 Å². The highest BCUT2D eigenvalue weighted by Gasteiger charge is 2.34. The normalized spacial score (nSPS) is 16.4. The quantitative estimate of drug-likeness (QED) is 0.495. The Kier molecular flexibility index (Phi) is 6.09. The van der Waals surface area contributed by atoms with Crippen LogP contribution in [0.3, 0.4) is 0 Å². The van der Waals surface area contributed by atoms with Gasteiger partial charge in [0, 0.05) is 38.0 Å². The van der Waals surface area contributed by atoms with E-state index in [1.165, 1.54) is 17.0 Å². The maximum absolute atomic E-state index is 14.1. The summed E-state index contributed by atoms with van der Waals surface area (Å²) in [6.45, 7) is 0.625. The maximum Gasteiger partial charge on any atom is 0.259 e. The maximum atomic E-state index is 14.1. The average Bonchev–Trinajstić information content (AvgIpc) is 3.40. The van der Waals surface area contributed by atoms with Gasteiger partial charge in [0.15, 0.2) is 12.4 Å². The zero-order valence-corrected chi connectivity index (χ0v) is 20.2. The van der Waals surface area contributed by atoms with E-state index in [0.717, 1.165) is 23.2 Å². The van der Waals surface area contributed by atoms with Crippen LogP contribution in [0, 0.1) is 5.82 Å². The van der Waals surface area contributed by atoms with E-state index in [4.69, 9.17) is 21.3 Å². The number of hydrogen-bond donors (Lipinski definition) is 0. The van der Waals surface area contributed by atoms with E-state index in [1.807, 2.05) is 18.2 Å². The summed E-state index contributed by atoms with van der Waals surface area (Å²) >= 11 is 4.78. The Bertz CT molecular complexity index is 1290. The lowest BCUT2D eigenvalue weighted by atomic mass is 10.1. The SMILES string of the molecule is CN(C)C(=O)COc1ccc2c(c1)N(c1nc(-c3ccc(Cl)c(F)c3)nc3c1C[S+]([O-])C3)CC2. The second-order valence-electron chi connectivity index (χ2n) is 8.42. The Morgan fingerprint density at radius 3 is 2.82 bits per heavy atom. The molecule has 2 aliphatic rings. The zero-order valence-electron chi connectivity index (χ0n) is 18.7. The Hall–Kier alpha value is -2.88. The molecule has 0 saturated carbocycles. The lowest BCUT2D eigenvalue weighted by molar-refractivity contribution is -0.130. The van der Waals surface area contributed by atoms with Gasteiger partial charge in [0.1, 0.15) is 34.6 Å². The first kappa shape index (κ1) is 22.9. The molecular weight excluding hydrogens is 479 g/mol. The molecule has 1 atom stereocenters. The molecule has 176 valence electrons. The van der Waals surface area contributed by atoms with E-state index < -0.39 is 17.0 Å². The topological polar surface area (TPSA) is 81.6 Å². The van der Waals surface area contributed by atoms with Gasteiger partial charge in [-0.1, -0.05) is 17.7 Å². The molecule has 2 aliphatic heterocycles. The molecule has 3 heterocycles. The van der Waals surface area contributed by atoms with Crippen LogP contribution >= 0.6 is 11.6 Å². The van der Waals surface area contributed by atoms with E-state index in [1.54, 1.807) is 20.2 Å². The number of anilines is 2. The first-order chi connectivity index (χ1) is 16.3.